The van der Waals surface area contributed by atoms with Crippen LogP contribution in [-0.4, -0.2) is 0 Å². The molecule has 2 aromatic carbocycles. The second-order valence-corrected chi connectivity index (χ2v) is 10.1. The number of hydrogen-bond donors (Lipinski definition) is 0. The van der Waals surface area contributed by atoms with Crippen LogP contribution in [0.4, 0.5) is 0 Å². The van der Waals surface area contributed by atoms with E-state index in [9.17, 15) is 0 Å². The molecule has 29 heavy (non-hydrogen) atoms. The molecular formula is C24H34Cl2O2W. The number of halogens is 2. The maximum Gasteiger partial charge on any atom is -1.00 e. The summed E-state index contributed by atoms with van der Waals surface area (Å²) in [4.78, 5) is 0. The first kappa shape index (κ1) is 28.3. The van der Waals surface area contributed by atoms with Gasteiger partial charge >= 0.3 is 175 Å². The molecule has 2 aromatic rings. The summed E-state index contributed by atoms with van der Waals surface area (Å²) in [7, 11) is 0. The second-order valence-electron chi connectivity index (χ2n) is 8.38. The average Bonchev–Trinajstić information content (AvgIpc) is 2.61. The maximum absolute atomic E-state index is 6.41. The van der Waals surface area contributed by atoms with Crippen LogP contribution in [0.3, 0.4) is 0 Å². The van der Waals surface area contributed by atoms with Gasteiger partial charge in [-0.2, -0.15) is 0 Å². The predicted octanol–water partition coefficient (Wildman–Crippen LogP) is 1.56. The van der Waals surface area contributed by atoms with E-state index in [2.05, 4.69) is 91.8 Å². The third-order valence-electron chi connectivity index (χ3n) is 4.87. The van der Waals surface area contributed by atoms with E-state index < -0.39 is 19.3 Å². The molecule has 0 N–H and O–H groups in total. The van der Waals surface area contributed by atoms with Crippen LogP contribution < -0.4 is 31.6 Å². The summed E-state index contributed by atoms with van der Waals surface area (Å²) < 4.78 is 12.8. The van der Waals surface area contributed by atoms with Crippen molar-refractivity contribution in [3.63, 3.8) is 0 Å². The zero-order chi connectivity index (χ0) is 20.1. The third kappa shape index (κ3) is 7.19. The molecule has 0 radical (unpaired) electrons. The third-order valence-corrected chi connectivity index (χ3v) is 6.56. The van der Waals surface area contributed by atoms with Gasteiger partial charge in [0.25, 0.3) is 0 Å². The van der Waals surface area contributed by atoms with Gasteiger partial charge in [0.15, 0.2) is 0 Å². The van der Waals surface area contributed by atoms with Crippen molar-refractivity contribution in [3.05, 3.63) is 58.7 Å². The Hall–Kier alpha value is -0.692. The Labute approximate surface area is 199 Å². The van der Waals surface area contributed by atoms with Crippen molar-refractivity contribution < 1.29 is 50.9 Å². The van der Waals surface area contributed by atoms with Crippen LogP contribution in [0.2, 0.25) is 0 Å². The summed E-state index contributed by atoms with van der Waals surface area (Å²) in [6.45, 7) is 17.8. The smallest absolute Gasteiger partial charge is 1.00 e. The van der Waals surface area contributed by atoms with Crippen molar-refractivity contribution in [2.75, 3.05) is 0 Å². The second kappa shape index (κ2) is 12.9. The van der Waals surface area contributed by atoms with E-state index in [1.807, 2.05) is 0 Å². The first-order valence-electron chi connectivity index (χ1n) is 10.0. The minimum atomic E-state index is -1.48. The fourth-order valence-corrected chi connectivity index (χ4v) is 5.24. The fraction of sp³-hybridized carbons (Fsp3) is 0.500. The molecule has 0 aromatic heterocycles. The molecular weight excluding hydrogens is 575 g/mol. The van der Waals surface area contributed by atoms with E-state index in [1.54, 1.807) is 0 Å². The van der Waals surface area contributed by atoms with Crippen LogP contribution in [0, 0.1) is 0 Å². The molecule has 0 aliphatic carbocycles. The molecule has 5 heteroatoms. The predicted molar refractivity (Wildman–Crippen MR) is 110 cm³/mol. The zero-order valence-electron chi connectivity index (χ0n) is 18.8. The summed E-state index contributed by atoms with van der Waals surface area (Å²) >= 11 is -1.48. The minimum Gasteiger partial charge on any atom is -1.00 e. The van der Waals surface area contributed by atoms with Gasteiger partial charge in [-0.3, -0.25) is 0 Å². The van der Waals surface area contributed by atoms with Crippen LogP contribution >= 0.6 is 0 Å². The molecule has 0 atom stereocenters. The summed E-state index contributed by atoms with van der Waals surface area (Å²) in [6.07, 6.45) is 0. The monoisotopic (exact) mass is 608 g/mol. The van der Waals surface area contributed by atoms with Gasteiger partial charge in [0.05, 0.1) is 0 Å². The molecule has 0 heterocycles. The Morgan fingerprint density at radius 2 is 0.759 bits per heavy atom. The van der Waals surface area contributed by atoms with E-state index in [0.717, 1.165) is 11.5 Å². The van der Waals surface area contributed by atoms with Crippen LogP contribution in [0.1, 0.15) is 101 Å². The summed E-state index contributed by atoms with van der Waals surface area (Å²) in [5.41, 5.74) is 5.13. The SMILES string of the molecule is CC(C)c1cccc(C(C)C)c1[O][W+2][O]c1c(C(C)C)cccc1C(C)C.[Cl-].[Cl-]. The van der Waals surface area contributed by atoms with Crippen LogP contribution in [0.15, 0.2) is 36.4 Å². The normalized spacial score (nSPS) is 10.8. The Morgan fingerprint density at radius 1 is 0.517 bits per heavy atom. The summed E-state index contributed by atoms with van der Waals surface area (Å²) in [5, 5.41) is 0. The minimum absolute atomic E-state index is 0. The van der Waals surface area contributed by atoms with E-state index in [1.165, 1.54) is 22.3 Å². The molecule has 0 amide bonds. The van der Waals surface area contributed by atoms with Crippen LogP contribution in [0.25, 0.3) is 0 Å². The van der Waals surface area contributed by atoms with Crippen molar-refractivity contribution in [2.24, 2.45) is 0 Å². The topological polar surface area (TPSA) is 18.5 Å². The molecule has 0 spiro atoms. The Bertz CT molecular complexity index is 643. The van der Waals surface area contributed by atoms with Gasteiger partial charge in [-0.25, -0.2) is 0 Å². The number of benzene rings is 2. The summed E-state index contributed by atoms with van der Waals surface area (Å²) in [6, 6.07) is 13.0. The first-order valence-corrected chi connectivity index (χ1v) is 12.4. The Balaban J connectivity index is 0.00000392. The van der Waals surface area contributed by atoms with Gasteiger partial charge in [0, 0.05) is 0 Å². The van der Waals surface area contributed by atoms with Gasteiger partial charge in [0.1, 0.15) is 0 Å². The standard InChI is InChI=1S/2C12H18O.2ClH.W/c2*1-8(2)10-6-5-7-11(9(3)4)12(10)13;;;/h2*5-9,13H,1-4H3;2*1H;/q;;;;+4/p-4. The van der Waals surface area contributed by atoms with Crippen LogP contribution in [-0.2, 0) is 19.3 Å². The Morgan fingerprint density at radius 3 is 0.966 bits per heavy atom. The van der Waals surface area contributed by atoms with Gasteiger partial charge in [0.2, 0.25) is 0 Å². The van der Waals surface area contributed by atoms with Crippen LogP contribution in [0.5, 0.6) is 11.5 Å². The van der Waals surface area contributed by atoms with Gasteiger partial charge in [-0.1, -0.05) is 0 Å². The maximum atomic E-state index is 6.41. The molecule has 2 nitrogen and oxygen atoms in total. The van der Waals surface area contributed by atoms with Gasteiger partial charge in [-0.05, 0) is 0 Å². The van der Waals surface area contributed by atoms with Gasteiger partial charge < -0.3 is 24.8 Å². The first-order chi connectivity index (χ1) is 12.7. The molecule has 0 aliphatic rings. The zero-order valence-corrected chi connectivity index (χ0v) is 23.2. The molecule has 162 valence electrons. The number of hydrogen-bond acceptors (Lipinski definition) is 2. The quantitative estimate of drug-likeness (QED) is 0.453. The molecule has 0 saturated carbocycles. The molecule has 2 rings (SSSR count). The van der Waals surface area contributed by atoms with E-state index in [4.69, 9.17) is 6.78 Å². The fourth-order valence-electron chi connectivity index (χ4n) is 3.24. The van der Waals surface area contributed by atoms with Crippen molar-refractivity contribution in [1.29, 1.82) is 0 Å². The van der Waals surface area contributed by atoms with Crippen molar-refractivity contribution in [3.8, 4) is 11.5 Å². The van der Waals surface area contributed by atoms with Crippen molar-refractivity contribution in [1.82, 2.24) is 0 Å². The largest absolute Gasteiger partial charge is 1.00 e. The van der Waals surface area contributed by atoms with E-state index in [-0.39, 0.29) is 24.8 Å². The van der Waals surface area contributed by atoms with Crippen molar-refractivity contribution >= 4 is 0 Å². The number of rotatable bonds is 8. The van der Waals surface area contributed by atoms with Crippen molar-refractivity contribution in [2.45, 2.75) is 79.1 Å². The molecule has 0 unspecified atom stereocenters. The molecule has 0 bridgehead atoms. The van der Waals surface area contributed by atoms with E-state index >= 15 is 0 Å². The molecule has 0 saturated heterocycles. The van der Waals surface area contributed by atoms with E-state index in [0.29, 0.717) is 23.7 Å². The summed E-state index contributed by atoms with van der Waals surface area (Å²) in [5.74, 6) is 3.86. The number of para-hydroxylation sites is 2. The molecule has 0 aliphatic heterocycles. The molecule has 0 fully saturated rings. The van der Waals surface area contributed by atoms with Gasteiger partial charge in [-0.15, -0.1) is 0 Å². The average molecular weight is 609 g/mol. The Kier molecular flexibility index (Phi) is 12.6.